The van der Waals surface area contributed by atoms with E-state index in [1.54, 1.807) is 18.4 Å². The standard InChI is InChI=1S/C20H25NO2S/c1-12(2)14-8-10-15(11-9-14)13(3)21-20(22)19-18(23-4)16-6-5-7-17(16)24-19/h8-13H,5-7H2,1-4H3,(H,21,22). The summed E-state index contributed by atoms with van der Waals surface area (Å²) < 4.78 is 5.53. The lowest BCUT2D eigenvalue weighted by atomic mass is 9.99. The van der Waals surface area contributed by atoms with Gasteiger partial charge in [-0.1, -0.05) is 38.1 Å². The van der Waals surface area contributed by atoms with Gasteiger partial charge in [-0.3, -0.25) is 4.79 Å². The molecule has 128 valence electrons. The lowest BCUT2D eigenvalue weighted by Gasteiger charge is -2.15. The molecule has 1 N–H and O–H groups in total. The highest BCUT2D eigenvalue weighted by Crippen LogP contribution is 2.41. The molecule has 1 aliphatic carbocycles. The van der Waals surface area contributed by atoms with Crippen molar-refractivity contribution in [1.29, 1.82) is 0 Å². The highest BCUT2D eigenvalue weighted by Gasteiger charge is 2.27. The first-order valence-corrected chi connectivity index (χ1v) is 9.42. The van der Waals surface area contributed by atoms with Crippen LogP contribution in [0.15, 0.2) is 24.3 Å². The molecule has 0 radical (unpaired) electrons. The number of rotatable bonds is 5. The summed E-state index contributed by atoms with van der Waals surface area (Å²) in [4.78, 5) is 14.7. The number of thiophene rings is 1. The zero-order valence-corrected chi connectivity index (χ0v) is 15.6. The molecule has 24 heavy (non-hydrogen) atoms. The Labute approximate surface area is 148 Å². The molecule has 1 atom stereocenters. The SMILES string of the molecule is COc1c(C(=O)NC(C)c2ccc(C(C)C)cc2)sc2c1CCC2. The van der Waals surface area contributed by atoms with Gasteiger partial charge in [0.15, 0.2) is 0 Å². The van der Waals surface area contributed by atoms with E-state index in [1.807, 2.05) is 6.92 Å². The van der Waals surface area contributed by atoms with E-state index < -0.39 is 0 Å². The molecule has 4 heteroatoms. The number of carbonyl (C=O) groups excluding carboxylic acids is 1. The van der Waals surface area contributed by atoms with E-state index in [-0.39, 0.29) is 11.9 Å². The molecule has 0 fully saturated rings. The lowest BCUT2D eigenvalue weighted by Crippen LogP contribution is -2.26. The van der Waals surface area contributed by atoms with Crippen LogP contribution in [0, 0.1) is 0 Å². The Kier molecular flexibility index (Phi) is 4.95. The summed E-state index contributed by atoms with van der Waals surface area (Å²) in [6, 6.07) is 8.46. The van der Waals surface area contributed by atoms with Crippen molar-refractivity contribution in [3.05, 3.63) is 50.7 Å². The van der Waals surface area contributed by atoms with Gasteiger partial charge in [0.1, 0.15) is 10.6 Å². The van der Waals surface area contributed by atoms with Crippen LogP contribution in [0.5, 0.6) is 5.75 Å². The van der Waals surface area contributed by atoms with Crippen molar-refractivity contribution >= 4 is 17.2 Å². The molecule has 1 heterocycles. The van der Waals surface area contributed by atoms with Gasteiger partial charge >= 0.3 is 0 Å². The first kappa shape index (κ1) is 17.0. The predicted octanol–water partition coefficient (Wildman–Crippen LogP) is 4.86. The van der Waals surface area contributed by atoms with E-state index in [4.69, 9.17) is 4.74 Å². The number of carbonyl (C=O) groups is 1. The average molecular weight is 343 g/mol. The minimum atomic E-state index is -0.0355. The summed E-state index contributed by atoms with van der Waals surface area (Å²) in [7, 11) is 1.66. The Morgan fingerprint density at radius 2 is 1.79 bits per heavy atom. The molecule has 1 aromatic heterocycles. The molecule has 0 saturated carbocycles. The van der Waals surface area contributed by atoms with Gasteiger partial charge in [-0.15, -0.1) is 11.3 Å². The highest BCUT2D eigenvalue weighted by atomic mass is 32.1. The number of amides is 1. The Morgan fingerprint density at radius 1 is 1.12 bits per heavy atom. The number of fused-ring (bicyclic) bond motifs is 1. The van der Waals surface area contributed by atoms with Crippen LogP contribution in [0.25, 0.3) is 0 Å². The molecule has 0 saturated heterocycles. The second-order valence-corrected chi connectivity index (χ2v) is 7.84. The highest BCUT2D eigenvalue weighted by molar-refractivity contribution is 7.14. The van der Waals surface area contributed by atoms with Crippen molar-refractivity contribution in [3.63, 3.8) is 0 Å². The maximum Gasteiger partial charge on any atom is 0.265 e. The second-order valence-electron chi connectivity index (χ2n) is 6.74. The number of nitrogens with one attached hydrogen (secondary N) is 1. The van der Waals surface area contributed by atoms with Crippen LogP contribution in [0.1, 0.15) is 70.4 Å². The second kappa shape index (κ2) is 6.98. The van der Waals surface area contributed by atoms with Crippen LogP contribution in [-0.4, -0.2) is 13.0 Å². The van der Waals surface area contributed by atoms with Crippen molar-refractivity contribution < 1.29 is 9.53 Å². The molecule has 1 aliphatic rings. The largest absolute Gasteiger partial charge is 0.495 e. The molecule has 1 amide bonds. The van der Waals surface area contributed by atoms with E-state index in [9.17, 15) is 4.79 Å². The predicted molar refractivity (Wildman–Crippen MR) is 99.3 cm³/mol. The van der Waals surface area contributed by atoms with Crippen molar-refractivity contribution in [2.45, 2.75) is 52.0 Å². The lowest BCUT2D eigenvalue weighted by molar-refractivity contribution is 0.0941. The van der Waals surface area contributed by atoms with Crippen molar-refractivity contribution in [1.82, 2.24) is 5.32 Å². The zero-order valence-electron chi connectivity index (χ0n) is 14.8. The van der Waals surface area contributed by atoms with Crippen molar-refractivity contribution in [3.8, 4) is 5.75 Å². The van der Waals surface area contributed by atoms with Crippen LogP contribution in [0.3, 0.4) is 0 Å². The molecular weight excluding hydrogens is 318 g/mol. The van der Waals surface area contributed by atoms with Crippen molar-refractivity contribution in [2.24, 2.45) is 0 Å². The van der Waals surface area contributed by atoms with E-state index in [2.05, 4.69) is 43.4 Å². The van der Waals surface area contributed by atoms with Gasteiger partial charge in [0.05, 0.1) is 13.2 Å². The minimum Gasteiger partial charge on any atom is -0.495 e. The summed E-state index contributed by atoms with van der Waals surface area (Å²) in [6.45, 7) is 6.39. The minimum absolute atomic E-state index is 0.0274. The molecule has 1 unspecified atom stereocenters. The van der Waals surface area contributed by atoms with Crippen molar-refractivity contribution in [2.75, 3.05) is 7.11 Å². The number of hydrogen-bond acceptors (Lipinski definition) is 3. The quantitative estimate of drug-likeness (QED) is 0.842. The van der Waals surface area contributed by atoms with E-state index in [1.165, 1.54) is 16.0 Å². The monoisotopic (exact) mass is 343 g/mol. The number of hydrogen-bond donors (Lipinski definition) is 1. The number of aryl methyl sites for hydroxylation is 1. The summed E-state index contributed by atoms with van der Waals surface area (Å²) in [5.41, 5.74) is 3.67. The molecule has 3 rings (SSSR count). The Balaban J connectivity index is 1.75. The van der Waals surface area contributed by atoms with Crippen LogP contribution in [0.2, 0.25) is 0 Å². The van der Waals surface area contributed by atoms with Gasteiger partial charge in [-0.2, -0.15) is 0 Å². The molecule has 3 nitrogen and oxygen atoms in total. The third kappa shape index (κ3) is 3.20. The fourth-order valence-electron chi connectivity index (χ4n) is 3.26. The average Bonchev–Trinajstić information content (AvgIpc) is 3.15. The van der Waals surface area contributed by atoms with Crippen LogP contribution < -0.4 is 10.1 Å². The fourth-order valence-corrected chi connectivity index (χ4v) is 4.52. The summed E-state index contributed by atoms with van der Waals surface area (Å²) >= 11 is 1.59. The zero-order chi connectivity index (χ0) is 17.3. The van der Waals surface area contributed by atoms with Crippen LogP contribution >= 0.6 is 11.3 Å². The van der Waals surface area contributed by atoms with Gasteiger partial charge in [0.2, 0.25) is 0 Å². The molecule has 0 bridgehead atoms. The number of ether oxygens (including phenoxy) is 1. The van der Waals surface area contributed by atoms with Gasteiger partial charge in [0.25, 0.3) is 5.91 Å². The maximum atomic E-state index is 12.7. The summed E-state index contributed by atoms with van der Waals surface area (Å²) in [5.74, 6) is 1.26. The third-order valence-corrected chi connectivity index (χ3v) is 6.01. The van der Waals surface area contributed by atoms with Crippen LogP contribution in [-0.2, 0) is 12.8 Å². The van der Waals surface area contributed by atoms with E-state index in [0.29, 0.717) is 10.8 Å². The maximum absolute atomic E-state index is 12.7. The van der Waals surface area contributed by atoms with Crippen LogP contribution in [0.4, 0.5) is 0 Å². The topological polar surface area (TPSA) is 38.3 Å². The third-order valence-electron chi connectivity index (χ3n) is 4.73. The van der Waals surface area contributed by atoms with Gasteiger partial charge in [-0.05, 0) is 43.2 Å². The normalized spacial score (nSPS) is 14.5. The fraction of sp³-hybridized carbons (Fsp3) is 0.450. The Morgan fingerprint density at radius 3 is 2.42 bits per heavy atom. The van der Waals surface area contributed by atoms with Gasteiger partial charge in [-0.25, -0.2) is 0 Å². The summed E-state index contributed by atoms with van der Waals surface area (Å²) in [5, 5.41) is 3.12. The molecule has 0 aliphatic heterocycles. The molecular formula is C20H25NO2S. The first-order chi connectivity index (χ1) is 11.5. The Hall–Kier alpha value is -1.81. The number of methoxy groups -OCH3 is 1. The number of benzene rings is 1. The molecule has 1 aromatic carbocycles. The molecule has 0 spiro atoms. The summed E-state index contributed by atoms with van der Waals surface area (Å²) in [6.07, 6.45) is 3.25. The smallest absolute Gasteiger partial charge is 0.265 e. The van der Waals surface area contributed by atoms with Gasteiger partial charge in [0, 0.05) is 10.4 Å². The Bertz CT molecular complexity index is 731. The van der Waals surface area contributed by atoms with Gasteiger partial charge < -0.3 is 10.1 Å². The van der Waals surface area contributed by atoms with E-state index >= 15 is 0 Å². The van der Waals surface area contributed by atoms with E-state index in [0.717, 1.165) is 30.6 Å². The first-order valence-electron chi connectivity index (χ1n) is 8.60. The molecule has 2 aromatic rings.